The van der Waals surface area contributed by atoms with Crippen molar-refractivity contribution in [3.8, 4) is 11.4 Å². The number of phenolic OH excluding ortho intramolecular Hbond substituents is 1. The summed E-state index contributed by atoms with van der Waals surface area (Å²) >= 11 is 0. The van der Waals surface area contributed by atoms with Crippen molar-refractivity contribution in [3.63, 3.8) is 0 Å². The highest BCUT2D eigenvalue weighted by atomic mass is 16.3. The van der Waals surface area contributed by atoms with Crippen molar-refractivity contribution in [1.29, 1.82) is 0 Å². The van der Waals surface area contributed by atoms with Crippen LogP contribution in [-0.2, 0) is 0 Å². The number of aromatic nitrogens is 3. The molecule has 1 aromatic carbocycles. The Kier molecular flexibility index (Phi) is 1.73. The zero-order chi connectivity index (χ0) is 9.26. The van der Waals surface area contributed by atoms with Crippen LogP contribution >= 0.6 is 0 Å². The Balaban J connectivity index is 2.57. The summed E-state index contributed by atoms with van der Waals surface area (Å²) in [6.45, 7) is 1.97. The van der Waals surface area contributed by atoms with E-state index in [0.29, 0.717) is 5.69 Å². The van der Waals surface area contributed by atoms with Crippen LogP contribution in [0, 0.1) is 6.92 Å². The molecule has 0 radical (unpaired) electrons. The second kappa shape index (κ2) is 2.90. The Labute approximate surface area is 75.5 Å². The minimum Gasteiger partial charge on any atom is -0.506 e. The van der Waals surface area contributed by atoms with Crippen molar-refractivity contribution in [1.82, 2.24) is 14.8 Å². The second-order valence-corrected chi connectivity index (χ2v) is 2.86. The predicted molar refractivity (Wildman–Crippen MR) is 47.8 cm³/mol. The van der Waals surface area contributed by atoms with E-state index in [1.165, 1.54) is 0 Å². The molecule has 1 N–H and O–H groups in total. The summed E-state index contributed by atoms with van der Waals surface area (Å²) in [5, 5.41) is 16.9. The molecule has 0 aliphatic heterocycles. The Bertz CT molecular complexity index is 409. The van der Waals surface area contributed by atoms with Crippen LogP contribution in [0.15, 0.2) is 30.9 Å². The first-order valence-electron chi connectivity index (χ1n) is 3.92. The number of phenols is 1. The molecule has 1 aromatic heterocycles. The fraction of sp³-hybridized carbons (Fsp3) is 0.111. The van der Waals surface area contributed by atoms with Crippen molar-refractivity contribution in [2.24, 2.45) is 0 Å². The zero-order valence-corrected chi connectivity index (χ0v) is 7.18. The third kappa shape index (κ3) is 1.38. The van der Waals surface area contributed by atoms with Gasteiger partial charge in [0.05, 0.1) is 5.69 Å². The molecule has 1 heterocycles. The highest BCUT2D eigenvalue weighted by Crippen LogP contribution is 2.21. The monoisotopic (exact) mass is 175 g/mol. The minimum absolute atomic E-state index is 0.227. The topological polar surface area (TPSA) is 50.9 Å². The van der Waals surface area contributed by atoms with Crippen molar-refractivity contribution in [2.45, 2.75) is 6.92 Å². The van der Waals surface area contributed by atoms with Gasteiger partial charge < -0.3 is 5.11 Å². The lowest BCUT2D eigenvalue weighted by Crippen LogP contribution is -1.91. The molecule has 0 amide bonds. The van der Waals surface area contributed by atoms with Gasteiger partial charge in [-0.2, -0.15) is 0 Å². The molecule has 4 heteroatoms. The molecule has 0 saturated heterocycles. The van der Waals surface area contributed by atoms with Gasteiger partial charge >= 0.3 is 0 Å². The number of hydrogen-bond acceptors (Lipinski definition) is 3. The van der Waals surface area contributed by atoms with Gasteiger partial charge in [0.15, 0.2) is 0 Å². The normalized spacial score (nSPS) is 10.2. The van der Waals surface area contributed by atoms with Gasteiger partial charge in [-0.05, 0) is 24.6 Å². The molecule has 0 bridgehead atoms. The van der Waals surface area contributed by atoms with E-state index in [0.717, 1.165) is 5.56 Å². The van der Waals surface area contributed by atoms with E-state index < -0.39 is 0 Å². The van der Waals surface area contributed by atoms with Gasteiger partial charge in [-0.1, -0.05) is 6.07 Å². The van der Waals surface area contributed by atoms with Crippen LogP contribution in [0.2, 0.25) is 0 Å². The molecule has 0 fully saturated rings. The molecular weight excluding hydrogens is 166 g/mol. The minimum atomic E-state index is 0.227. The third-order valence-corrected chi connectivity index (χ3v) is 1.83. The van der Waals surface area contributed by atoms with Gasteiger partial charge in [-0.25, -0.2) is 0 Å². The summed E-state index contributed by atoms with van der Waals surface area (Å²) in [7, 11) is 0. The van der Waals surface area contributed by atoms with Crippen LogP contribution in [-0.4, -0.2) is 19.9 Å². The first kappa shape index (κ1) is 7.79. The van der Waals surface area contributed by atoms with Crippen molar-refractivity contribution >= 4 is 0 Å². The zero-order valence-electron chi connectivity index (χ0n) is 7.18. The van der Waals surface area contributed by atoms with E-state index in [1.54, 1.807) is 23.3 Å². The first-order chi connectivity index (χ1) is 6.27. The Morgan fingerprint density at radius 1 is 1.23 bits per heavy atom. The van der Waals surface area contributed by atoms with E-state index in [4.69, 9.17) is 0 Å². The van der Waals surface area contributed by atoms with Crippen molar-refractivity contribution < 1.29 is 5.11 Å². The Hall–Kier alpha value is -1.84. The molecule has 0 unspecified atom stereocenters. The summed E-state index contributed by atoms with van der Waals surface area (Å²) in [5.74, 6) is 0.227. The molecule has 0 aliphatic rings. The number of nitrogens with zero attached hydrogens (tertiary/aromatic N) is 3. The second-order valence-electron chi connectivity index (χ2n) is 2.86. The number of benzene rings is 1. The molecular formula is C9H9N3O. The fourth-order valence-corrected chi connectivity index (χ4v) is 1.17. The van der Waals surface area contributed by atoms with E-state index in [-0.39, 0.29) is 5.75 Å². The first-order valence-corrected chi connectivity index (χ1v) is 3.92. The lowest BCUT2D eigenvalue weighted by atomic mass is 10.2. The Morgan fingerprint density at radius 2 is 1.92 bits per heavy atom. The van der Waals surface area contributed by atoms with Crippen LogP contribution in [0.3, 0.4) is 0 Å². The highest BCUT2D eigenvalue weighted by molar-refractivity contribution is 5.47. The highest BCUT2D eigenvalue weighted by Gasteiger charge is 2.02. The molecule has 0 spiro atoms. The molecule has 2 aromatic rings. The molecule has 13 heavy (non-hydrogen) atoms. The van der Waals surface area contributed by atoms with E-state index in [2.05, 4.69) is 10.2 Å². The SMILES string of the molecule is Cc1ccc(O)c(-n2cnnc2)c1. The average molecular weight is 175 g/mol. The van der Waals surface area contributed by atoms with Gasteiger partial charge in [0.2, 0.25) is 0 Å². The van der Waals surface area contributed by atoms with Crippen molar-refractivity contribution in [2.75, 3.05) is 0 Å². The lowest BCUT2D eigenvalue weighted by Gasteiger charge is -2.04. The summed E-state index contributed by atoms with van der Waals surface area (Å²) in [4.78, 5) is 0. The summed E-state index contributed by atoms with van der Waals surface area (Å²) in [6, 6.07) is 5.38. The summed E-state index contributed by atoms with van der Waals surface area (Å²) in [5.41, 5.74) is 1.78. The van der Waals surface area contributed by atoms with Gasteiger partial charge in [-0.15, -0.1) is 10.2 Å². The standard InChI is InChI=1S/C9H9N3O/c1-7-2-3-9(13)8(4-7)12-5-10-11-6-12/h2-6,13H,1H3. The third-order valence-electron chi connectivity index (χ3n) is 1.83. The van der Waals surface area contributed by atoms with Gasteiger partial charge in [-0.3, -0.25) is 4.57 Å². The number of rotatable bonds is 1. The number of aryl methyl sites for hydroxylation is 1. The molecule has 0 saturated carbocycles. The smallest absolute Gasteiger partial charge is 0.139 e. The van der Waals surface area contributed by atoms with Crippen LogP contribution in [0.25, 0.3) is 5.69 Å². The molecule has 0 aliphatic carbocycles. The van der Waals surface area contributed by atoms with Crippen LogP contribution in [0.5, 0.6) is 5.75 Å². The molecule has 2 rings (SSSR count). The maximum Gasteiger partial charge on any atom is 0.139 e. The van der Waals surface area contributed by atoms with Crippen molar-refractivity contribution in [3.05, 3.63) is 36.4 Å². The van der Waals surface area contributed by atoms with E-state index >= 15 is 0 Å². The van der Waals surface area contributed by atoms with E-state index in [9.17, 15) is 5.11 Å². The largest absolute Gasteiger partial charge is 0.506 e. The molecule has 66 valence electrons. The van der Waals surface area contributed by atoms with Gasteiger partial charge in [0.25, 0.3) is 0 Å². The number of aromatic hydroxyl groups is 1. The lowest BCUT2D eigenvalue weighted by molar-refractivity contribution is 0.472. The van der Waals surface area contributed by atoms with E-state index in [1.807, 2.05) is 19.1 Å². The fourth-order valence-electron chi connectivity index (χ4n) is 1.17. The van der Waals surface area contributed by atoms with Crippen LogP contribution < -0.4 is 0 Å². The van der Waals surface area contributed by atoms with Gasteiger partial charge in [0, 0.05) is 0 Å². The van der Waals surface area contributed by atoms with Crippen LogP contribution in [0.1, 0.15) is 5.56 Å². The summed E-state index contributed by atoms with van der Waals surface area (Å²) < 4.78 is 1.67. The quantitative estimate of drug-likeness (QED) is 0.710. The maximum absolute atomic E-state index is 9.53. The van der Waals surface area contributed by atoms with Gasteiger partial charge in [0.1, 0.15) is 18.4 Å². The molecule has 4 nitrogen and oxygen atoms in total. The summed E-state index contributed by atoms with van der Waals surface area (Å²) in [6.07, 6.45) is 3.10. The predicted octanol–water partition coefficient (Wildman–Crippen LogP) is 1.28. The average Bonchev–Trinajstić information content (AvgIpc) is 2.61. The molecule has 0 atom stereocenters. The Morgan fingerprint density at radius 3 is 2.62 bits per heavy atom. The maximum atomic E-state index is 9.53. The number of hydrogen-bond donors (Lipinski definition) is 1. The van der Waals surface area contributed by atoms with Crippen LogP contribution in [0.4, 0.5) is 0 Å².